The normalized spacial score (nSPS) is 14.6. The SMILES string of the molecule is CN=C(NCCCCNc1ccccn1)N1CCN(c2cnn(C)c2)C(=O)C1.I. The molecule has 10 heteroatoms. The number of aryl methyl sites for hydroxylation is 1. The highest BCUT2D eigenvalue weighted by molar-refractivity contribution is 14.0. The first kappa shape index (κ1) is 22.9. The average molecular weight is 512 g/mol. The van der Waals surface area contributed by atoms with Gasteiger partial charge in [-0.2, -0.15) is 5.10 Å². The van der Waals surface area contributed by atoms with Crippen LogP contribution >= 0.6 is 24.0 Å². The van der Waals surface area contributed by atoms with Crippen molar-refractivity contribution in [1.82, 2.24) is 25.0 Å². The molecule has 3 heterocycles. The van der Waals surface area contributed by atoms with Crippen LogP contribution in [0.15, 0.2) is 41.8 Å². The van der Waals surface area contributed by atoms with Crippen LogP contribution in [0.4, 0.5) is 11.5 Å². The summed E-state index contributed by atoms with van der Waals surface area (Å²) < 4.78 is 1.71. The van der Waals surface area contributed by atoms with Crippen molar-refractivity contribution in [3.63, 3.8) is 0 Å². The largest absolute Gasteiger partial charge is 0.370 e. The molecule has 0 spiro atoms. The van der Waals surface area contributed by atoms with Crippen LogP contribution < -0.4 is 15.5 Å². The van der Waals surface area contributed by atoms with Gasteiger partial charge in [0.05, 0.1) is 11.9 Å². The van der Waals surface area contributed by atoms with E-state index < -0.39 is 0 Å². The van der Waals surface area contributed by atoms with E-state index in [1.54, 1.807) is 29.0 Å². The van der Waals surface area contributed by atoms with Crippen molar-refractivity contribution >= 4 is 47.3 Å². The number of halogens is 1. The van der Waals surface area contributed by atoms with Gasteiger partial charge in [-0.05, 0) is 25.0 Å². The van der Waals surface area contributed by atoms with Gasteiger partial charge in [0, 0.05) is 52.7 Å². The highest BCUT2D eigenvalue weighted by Crippen LogP contribution is 2.16. The predicted molar refractivity (Wildman–Crippen MR) is 126 cm³/mol. The lowest BCUT2D eigenvalue weighted by atomic mass is 10.3. The van der Waals surface area contributed by atoms with Gasteiger partial charge in [0.2, 0.25) is 5.91 Å². The maximum atomic E-state index is 12.5. The number of aromatic nitrogens is 3. The van der Waals surface area contributed by atoms with E-state index in [9.17, 15) is 4.79 Å². The fourth-order valence-electron chi connectivity index (χ4n) is 3.14. The van der Waals surface area contributed by atoms with E-state index in [2.05, 4.69) is 25.7 Å². The third kappa shape index (κ3) is 6.58. The Hall–Kier alpha value is -2.37. The van der Waals surface area contributed by atoms with Crippen LogP contribution in [-0.2, 0) is 11.8 Å². The fourth-order valence-corrected chi connectivity index (χ4v) is 3.14. The van der Waals surface area contributed by atoms with Crippen molar-refractivity contribution in [3.05, 3.63) is 36.8 Å². The summed E-state index contributed by atoms with van der Waals surface area (Å²) in [7, 11) is 3.60. The van der Waals surface area contributed by atoms with Gasteiger partial charge in [-0.1, -0.05) is 6.07 Å². The van der Waals surface area contributed by atoms with Crippen LogP contribution in [0.5, 0.6) is 0 Å². The molecule has 0 aromatic carbocycles. The Kier molecular flexibility index (Phi) is 9.16. The van der Waals surface area contributed by atoms with Crippen LogP contribution in [0.25, 0.3) is 0 Å². The Labute approximate surface area is 188 Å². The highest BCUT2D eigenvalue weighted by atomic mass is 127. The van der Waals surface area contributed by atoms with E-state index in [-0.39, 0.29) is 29.9 Å². The molecule has 3 rings (SSSR count). The molecule has 9 nitrogen and oxygen atoms in total. The van der Waals surface area contributed by atoms with Crippen molar-refractivity contribution in [1.29, 1.82) is 0 Å². The number of nitrogens with one attached hydrogen (secondary N) is 2. The lowest BCUT2D eigenvalue weighted by Gasteiger charge is -2.35. The fraction of sp³-hybridized carbons (Fsp3) is 0.474. The van der Waals surface area contributed by atoms with E-state index in [0.717, 1.165) is 49.9 Å². The molecule has 1 saturated heterocycles. The minimum atomic E-state index is 0. The summed E-state index contributed by atoms with van der Waals surface area (Å²) in [4.78, 5) is 24.9. The topological polar surface area (TPSA) is 90.7 Å². The van der Waals surface area contributed by atoms with Crippen LogP contribution in [0.2, 0.25) is 0 Å². The summed E-state index contributed by atoms with van der Waals surface area (Å²) in [5.41, 5.74) is 0.843. The van der Waals surface area contributed by atoms with Gasteiger partial charge in [0.1, 0.15) is 12.4 Å². The first-order valence-corrected chi connectivity index (χ1v) is 9.57. The smallest absolute Gasteiger partial charge is 0.246 e. The number of guanidine groups is 1. The molecular weight excluding hydrogens is 483 g/mol. The third-order valence-electron chi connectivity index (χ3n) is 4.59. The molecule has 0 unspecified atom stereocenters. The van der Waals surface area contributed by atoms with Gasteiger partial charge in [-0.15, -0.1) is 24.0 Å². The van der Waals surface area contributed by atoms with Crippen LogP contribution in [0, 0.1) is 0 Å². The number of carbonyl (C=O) groups is 1. The molecule has 0 bridgehead atoms. The van der Waals surface area contributed by atoms with Gasteiger partial charge in [0.15, 0.2) is 5.96 Å². The number of aliphatic imine (C=N–C) groups is 1. The summed E-state index contributed by atoms with van der Waals surface area (Å²) >= 11 is 0. The molecule has 0 saturated carbocycles. The van der Waals surface area contributed by atoms with Crippen LogP contribution in [0.3, 0.4) is 0 Å². The molecule has 0 aliphatic carbocycles. The number of carbonyl (C=O) groups excluding carboxylic acids is 1. The zero-order valence-corrected chi connectivity index (χ0v) is 19.2. The first-order chi connectivity index (χ1) is 13.7. The van der Waals surface area contributed by atoms with E-state index >= 15 is 0 Å². The Morgan fingerprint density at radius 2 is 2.07 bits per heavy atom. The highest BCUT2D eigenvalue weighted by Gasteiger charge is 2.27. The number of pyridine rings is 1. The summed E-state index contributed by atoms with van der Waals surface area (Å²) in [5, 5.41) is 10.8. The predicted octanol–water partition coefficient (Wildman–Crippen LogP) is 1.55. The molecule has 1 fully saturated rings. The number of unbranched alkanes of at least 4 members (excludes halogenated alkanes) is 1. The number of rotatable bonds is 7. The van der Waals surface area contributed by atoms with Crippen molar-refractivity contribution in [3.8, 4) is 0 Å². The molecule has 1 aliphatic rings. The van der Waals surface area contributed by atoms with Gasteiger partial charge >= 0.3 is 0 Å². The molecule has 2 aromatic rings. The molecule has 0 atom stereocenters. The Balaban J connectivity index is 0.00000300. The van der Waals surface area contributed by atoms with Crippen LogP contribution in [-0.4, -0.2) is 71.3 Å². The van der Waals surface area contributed by atoms with Crippen molar-refractivity contribution in [2.45, 2.75) is 12.8 Å². The second kappa shape index (κ2) is 11.6. The molecule has 29 heavy (non-hydrogen) atoms. The minimum absolute atomic E-state index is 0. The van der Waals surface area contributed by atoms with Gasteiger partial charge in [-0.3, -0.25) is 14.5 Å². The van der Waals surface area contributed by atoms with E-state index in [4.69, 9.17) is 0 Å². The van der Waals surface area contributed by atoms with E-state index in [0.29, 0.717) is 13.1 Å². The zero-order valence-electron chi connectivity index (χ0n) is 16.9. The molecule has 158 valence electrons. The molecule has 1 aliphatic heterocycles. The summed E-state index contributed by atoms with van der Waals surface area (Å²) in [6, 6.07) is 5.83. The Morgan fingerprint density at radius 3 is 2.72 bits per heavy atom. The second-order valence-corrected chi connectivity index (χ2v) is 6.66. The number of nitrogens with zero attached hydrogens (tertiary/aromatic N) is 6. The monoisotopic (exact) mass is 512 g/mol. The van der Waals surface area contributed by atoms with Gasteiger partial charge in [0.25, 0.3) is 0 Å². The third-order valence-corrected chi connectivity index (χ3v) is 4.59. The van der Waals surface area contributed by atoms with Crippen molar-refractivity contribution in [2.75, 3.05) is 50.0 Å². The summed E-state index contributed by atoms with van der Waals surface area (Å²) in [6.45, 7) is 3.36. The molecular formula is C19H29IN8O. The average Bonchev–Trinajstić information content (AvgIpc) is 3.14. The maximum absolute atomic E-state index is 12.5. The van der Waals surface area contributed by atoms with Crippen molar-refractivity contribution in [2.24, 2.45) is 12.0 Å². The van der Waals surface area contributed by atoms with Gasteiger partial charge < -0.3 is 20.4 Å². The standard InChI is InChI=1S/C19H28N8O.HI/c1-20-19(23-10-6-5-9-22-17-7-3-4-8-21-17)26-11-12-27(18(28)15-26)16-13-24-25(2)14-16;/h3-4,7-8,13-14H,5-6,9-12,15H2,1-2H3,(H,20,23)(H,21,22);1H. The number of piperazine rings is 1. The van der Waals surface area contributed by atoms with Crippen LogP contribution in [0.1, 0.15) is 12.8 Å². The number of hydrogen-bond donors (Lipinski definition) is 2. The van der Waals surface area contributed by atoms with Gasteiger partial charge in [-0.25, -0.2) is 4.98 Å². The van der Waals surface area contributed by atoms with Crippen molar-refractivity contribution < 1.29 is 4.79 Å². The minimum Gasteiger partial charge on any atom is -0.370 e. The lowest BCUT2D eigenvalue weighted by Crippen LogP contribution is -2.55. The number of anilines is 2. The molecule has 2 N–H and O–H groups in total. The lowest BCUT2D eigenvalue weighted by molar-refractivity contribution is -0.120. The molecule has 0 radical (unpaired) electrons. The Morgan fingerprint density at radius 1 is 1.24 bits per heavy atom. The maximum Gasteiger partial charge on any atom is 0.246 e. The number of amides is 1. The summed E-state index contributed by atoms with van der Waals surface area (Å²) in [6.07, 6.45) is 7.39. The molecule has 1 amide bonds. The second-order valence-electron chi connectivity index (χ2n) is 6.66. The zero-order chi connectivity index (χ0) is 19.8. The van der Waals surface area contributed by atoms with E-state index in [1.807, 2.05) is 36.3 Å². The number of hydrogen-bond acceptors (Lipinski definition) is 5. The Bertz CT molecular complexity index is 795. The molecule has 2 aromatic heterocycles. The van der Waals surface area contributed by atoms with E-state index in [1.165, 1.54) is 0 Å². The first-order valence-electron chi connectivity index (χ1n) is 9.57. The quantitative estimate of drug-likeness (QED) is 0.253. The summed E-state index contributed by atoms with van der Waals surface area (Å²) in [5.74, 6) is 1.73.